The first-order valence-corrected chi connectivity index (χ1v) is 9.13. The summed E-state index contributed by atoms with van der Waals surface area (Å²) in [6.07, 6.45) is 0. The lowest BCUT2D eigenvalue weighted by Gasteiger charge is -2.14. The molecule has 1 amide bonds. The van der Waals surface area contributed by atoms with Gasteiger partial charge in [0.1, 0.15) is 23.9 Å². The van der Waals surface area contributed by atoms with Crippen LogP contribution in [-0.2, 0) is 4.74 Å². The van der Waals surface area contributed by atoms with Gasteiger partial charge in [-0.1, -0.05) is 6.07 Å². The van der Waals surface area contributed by atoms with E-state index in [0.717, 1.165) is 0 Å². The fourth-order valence-electron chi connectivity index (χ4n) is 2.33. The summed E-state index contributed by atoms with van der Waals surface area (Å²) in [5.74, 6) is 1.44. The van der Waals surface area contributed by atoms with Gasteiger partial charge in [-0.2, -0.15) is 0 Å². The number of methoxy groups -OCH3 is 2. The van der Waals surface area contributed by atoms with Gasteiger partial charge >= 0.3 is 0 Å². The Hall–Kier alpha value is -2.84. The molecule has 0 aliphatic heterocycles. The summed E-state index contributed by atoms with van der Waals surface area (Å²) in [5, 5.41) is 5.73. The second-order valence-corrected chi connectivity index (χ2v) is 5.96. The minimum absolute atomic E-state index is 0.138. The minimum Gasteiger partial charge on any atom is -0.497 e. The lowest BCUT2D eigenvalue weighted by Crippen LogP contribution is -2.34. The second kappa shape index (κ2) is 11.1. The minimum atomic E-state index is -0.352. The van der Waals surface area contributed by atoms with Gasteiger partial charge in [-0.15, -0.1) is 0 Å². The van der Waals surface area contributed by atoms with Gasteiger partial charge in [0.05, 0.1) is 26.5 Å². The normalized spacial score (nSPS) is 10.1. The molecule has 2 aromatic rings. The molecule has 0 saturated heterocycles. The van der Waals surface area contributed by atoms with Crippen molar-refractivity contribution in [3.63, 3.8) is 0 Å². The Morgan fingerprint density at radius 2 is 1.86 bits per heavy atom. The van der Waals surface area contributed by atoms with Gasteiger partial charge in [0.25, 0.3) is 5.91 Å². The number of carbonyl (C=O) groups is 1. The molecule has 150 valence electrons. The van der Waals surface area contributed by atoms with Crippen LogP contribution in [0.3, 0.4) is 0 Å². The third-order valence-electron chi connectivity index (χ3n) is 3.68. The van der Waals surface area contributed by atoms with Gasteiger partial charge in [0.15, 0.2) is 5.11 Å². The maximum Gasteiger partial charge on any atom is 0.257 e. The Labute approximate surface area is 169 Å². The third kappa shape index (κ3) is 6.40. The number of benzene rings is 2. The zero-order valence-corrected chi connectivity index (χ0v) is 16.9. The number of hydrogen-bond donors (Lipinski definition) is 2. The summed E-state index contributed by atoms with van der Waals surface area (Å²) in [7, 11) is 3.11. The molecule has 0 spiro atoms. The topological polar surface area (TPSA) is 78.1 Å². The van der Waals surface area contributed by atoms with Crippen LogP contribution < -0.4 is 24.8 Å². The van der Waals surface area contributed by atoms with E-state index in [1.54, 1.807) is 56.7 Å². The molecule has 8 heteroatoms. The summed E-state index contributed by atoms with van der Waals surface area (Å²) in [6.45, 7) is 3.45. The summed E-state index contributed by atoms with van der Waals surface area (Å²) >= 11 is 5.24. The molecule has 28 heavy (non-hydrogen) atoms. The van der Waals surface area contributed by atoms with Crippen molar-refractivity contribution in [3.05, 3.63) is 48.0 Å². The van der Waals surface area contributed by atoms with Gasteiger partial charge in [0.2, 0.25) is 0 Å². The van der Waals surface area contributed by atoms with Gasteiger partial charge in [-0.05, 0) is 49.5 Å². The van der Waals surface area contributed by atoms with Crippen LogP contribution in [0.4, 0.5) is 5.69 Å². The van der Waals surface area contributed by atoms with Gasteiger partial charge in [-0.25, -0.2) is 0 Å². The van der Waals surface area contributed by atoms with E-state index in [1.807, 2.05) is 6.92 Å². The summed E-state index contributed by atoms with van der Waals surface area (Å²) < 4.78 is 21.3. The van der Waals surface area contributed by atoms with Gasteiger partial charge in [-0.3, -0.25) is 10.1 Å². The Balaban J connectivity index is 1.98. The SMILES string of the molecule is CCOCCOc1cccc(C(=O)NC(=S)Nc2cc(OC)ccc2OC)c1. The number of anilines is 1. The Kier molecular flexibility index (Phi) is 8.51. The number of thiocarbonyl (C=S) groups is 1. The average Bonchev–Trinajstić information content (AvgIpc) is 2.71. The van der Waals surface area contributed by atoms with E-state index in [4.69, 9.17) is 31.2 Å². The van der Waals surface area contributed by atoms with Crippen LogP contribution in [0.25, 0.3) is 0 Å². The molecule has 0 atom stereocenters. The summed E-state index contributed by atoms with van der Waals surface area (Å²) in [6, 6.07) is 12.1. The van der Waals surface area contributed by atoms with E-state index < -0.39 is 0 Å². The highest BCUT2D eigenvalue weighted by atomic mass is 32.1. The molecule has 0 bridgehead atoms. The van der Waals surface area contributed by atoms with Crippen molar-refractivity contribution in [1.29, 1.82) is 0 Å². The van der Waals surface area contributed by atoms with Crippen molar-refractivity contribution < 1.29 is 23.7 Å². The molecule has 0 aliphatic carbocycles. The quantitative estimate of drug-likeness (QED) is 0.491. The van der Waals surface area contributed by atoms with Crippen LogP contribution in [-0.4, -0.2) is 45.1 Å². The average molecular weight is 404 g/mol. The Morgan fingerprint density at radius 3 is 2.57 bits per heavy atom. The fraction of sp³-hybridized carbons (Fsp3) is 0.300. The van der Waals surface area contributed by atoms with Gasteiger partial charge < -0.3 is 24.3 Å². The molecular weight excluding hydrogens is 380 g/mol. The smallest absolute Gasteiger partial charge is 0.257 e. The highest BCUT2D eigenvalue weighted by molar-refractivity contribution is 7.80. The lowest BCUT2D eigenvalue weighted by molar-refractivity contribution is 0.0976. The number of rotatable bonds is 9. The first kappa shape index (κ1) is 21.5. The number of amides is 1. The standard InChI is InChI=1S/C20H24N2O5S/c1-4-26-10-11-27-16-7-5-6-14(12-16)19(23)22-20(28)21-17-13-15(24-2)8-9-18(17)25-3/h5-9,12-13H,4,10-11H2,1-3H3,(H2,21,22,23,28). The molecule has 7 nitrogen and oxygen atoms in total. The zero-order valence-electron chi connectivity index (χ0n) is 16.1. The Bertz CT molecular complexity index is 813. The lowest BCUT2D eigenvalue weighted by atomic mass is 10.2. The van der Waals surface area contributed by atoms with Crippen LogP contribution in [0.15, 0.2) is 42.5 Å². The number of nitrogens with one attached hydrogen (secondary N) is 2. The summed E-state index contributed by atoms with van der Waals surface area (Å²) in [5.41, 5.74) is 1.01. The van der Waals surface area contributed by atoms with E-state index in [1.165, 1.54) is 0 Å². The van der Waals surface area contributed by atoms with Crippen molar-refractivity contribution in [2.45, 2.75) is 6.92 Å². The highest BCUT2D eigenvalue weighted by Gasteiger charge is 2.12. The van der Waals surface area contributed by atoms with Crippen molar-refractivity contribution in [3.8, 4) is 17.2 Å². The molecular formula is C20H24N2O5S. The van der Waals surface area contributed by atoms with E-state index in [-0.39, 0.29) is 11.0 Å². The molecule has 0 heterocycles. The number of ether oxygens (including phenoxy) is 4. The van der Waals surface area contributed by atoms with Crippen molar-refractivity contribution >= 4 is 28.9 Å². The van der Waals surface area contributed by atoms with Crippen molar-refractivity contribution in [2.24, 2.45) is 0 Å². The van der Waals surface area contributed by atoms with Crippen LogP contribution in [0.5, 0.6) is 17.2 Å². The van der Waals surface area contributed by atoms with Crippen LogP contribution >= 0.6 is 12.2 Å². The number of hydrogen-bond acceptors (Lipinski definition) is 6. The highest BCUT2D eigenvalue weighted by Crippen LogP contribution is 2.28. The maximum absolute atomic E-state index is 12.5. The fourth-order valence-corrected chi connectivity index (χ4v) is 2.53. The van der Waals surface area contributed by atoms with E-state index in [9.17, 15) is 4.79 Å². The molecule has 2 N–H and O–H groups in total. The molecule has 2 rings (SSSR count). The van der Waals surface area contributed by atoms with Gasteiger partial charge in [0, 0.05) is 18.2 Å². The largest absolute Gasteiger partial charge is 0.497 e. The molecule has 0 saturated carbocycles. The van der Waals surface area contributed by atoms with Crippen LogP contribution in [0.2, 0.25) is 0 Å². The second-order valence-electron chi connectivity index (χ2n) is 5.55. The Morgan fingerprint density at radius 1 is 1.04 bits per heavy atom. The third-order valence-corrected chi connectivity index (χ3v) is 3.88. The molecule has 0 unspecified atom stereocenters. The van der Waals surface area contributed by atoms with E-state index in [2.05, 4.69) is 10.6 Å². The van der Waals surface area contributed by atoms with E-state index in [0.29, 0.717) is 48.3 Å². The first-order chi connectivity index (χ1) is 13.6. The predicted octanol–water partition coefficient (Wildman–Crippen LogP) is 3.25. The monoisotopic (exact) mass is 404 g/mol. The predicted molar refractivity (Wildman–Crippen MR) is 112 cm³/mol. The molecule has 2 aromatic carbocycles. The van der Waals surface area contributed by atoms with Crippen molar-refractivity contribution in [2.75, 3.05) is 39.4 Å². The summed E-state index contributed by atoms with van der Waals surface area (Å²) in [4.78, 5) is 12.5. The van der Waals surface area contributed by atoms with Crippen LogP contribution in [0, 0.1) is 0 Å². The maximum atomic E-state index is 12.5. The molecule has 0 radical (unpaired) electrons. The van der Waals surface area contributed by atoms with Crippen LogP contribution in [0.1, 0.15) is 17.3 Å². The van der Waals surface area contributed by atoms with Crippen molar-refractivity contribution in [1.82, 2.24) is 5.32 Å². The molecule has 0 aliphatic rings. The first-order valence-electron chi connectivity index (χ1n) is 8.72. The molecule has 0 aromatic heterocycles. The zero-order chi connectivity index (χ0) is 20.4. The molecule has 0 fully saturated rings. The number of carbonyl (C=O) groups excluding carboxylic acids is 1. The van der Waals surface area contributed by atoms with E-state index >= 15 is 0 Å².